The van der Waals surface area contributed by atoms with Crippen molar-refractivity contribution in [3.05, 3.63) is 156 Å². The summed E-state index contributed by atoms with van der Waals surface area (Å²) < 4.78 is 7.76. The van der Waals surface area contributed by atoms with Gasteiger partial charge >= 0.3 is 202 Å². The molecule has 6 rings (SSSR count). The Morgan fingerprint density at radius 1 is 0.471 bits per heavy atom. The number of benzene rings is 5. The van der Waals surface area contributed by atoms with Crippen LogP contribution in [0.1, 0.15) is 22.8 Å². The topological polar surface area (TPSA) is 9.23 Å². The van der Waals surface area contributed by atoms with Crippen molar-refractivity contribution >= 4 is 28.0 Å². The van der Waals surface area contributed by atoms with Gasteiger partial charge in [-0.1, -0.05) is 0 Å². The van der Waals surface area contributed by atoms with Crippen molar-refractivity contribution in [2.45, 2.75) is 13.0 Å². The first-order valence-corrected chi connectivity index (χ1v) is 13.9. The van der Waals surface area contributed by atoms with E-state index in [1.165, 1.54) is 37.9 Å². The van der Waals surface area contributed by atoms with E-state index in [4.69, 9.17) is 4.52 Å². The van der Waals surface area contributed by atoms with Gasteiger partial charge in [0.1, 0.15) is 0 Å². The van der Waals surface area contributed by atoms with Gasteiger partial charge in [-0.25, -0.2) is 0 Å². The molecule has 0 fully saturated rings. The number of hydrogen-bond acceptors (Lipinski definition) is 1. The second kappa shape index (κ2) is 8.06. The summed E-state index contributed by atoms with van der Waals surface area (Å²) in [4.78, 5) is 0. The van der Waals surface area contributed by atoms with Gasteiger partial charge in [0.25, 0.3) is 0 Å². The van der Waals surface area contributed by atoms with Gasteiger partial charge in [0.15, 0.2) is 0 Å². The van der Waals surface area contributed by atoms with Crippen LogP contribution in [0.2, 0.25) is 0 Å². The molecule has 2 heteroatoms. The van der Waals surface area contributed by atoms with Crippen molar-refractivity contribution in [1.82, 2.24) is 0 Å². The molecule has 1 aliphatic rings. The Bertz CT molecular complexity index is 1350. The predicted octanol–water partition coefficient (Wildman–Crippen LogP) is 6.18. The summed E-state index contributed by atoms with van der Waals surface area (Å²) >= 11 is 0. The molecule has 0 radical (unpaired) electrons. The van der Waals surface area contributed by atoms with Crippen molar-refractivity contribution in [3.8, 4) is 0 Å². The first-order chi connectivity index (χ1) is 16.8. The van der Waals surface area contributed by atoms with Crippen LogP contribution in [0.3, 0.4) is 0 Å². The van der Waals surface area contributed by atoms with Crippen LogP contribution in [0.4, 0.5) is 0 Å². The summed E-state index contributed by atoms with van der Waals surface area (Å²) in [5.74, 6) is 0. The van der Waals surface area contributed by atoms with E-state index in [2.05, 4.69) is 146 Å². The Morgan fingerprint density at radius 3 is 1.38 bits per heavy atom. The van der Waals surface area contributed by atoms with Crippen molar-refractivity contribution in [2.75, 3.05) is 0 Å². The zero-order valence-electron chi connectivity index (χ0n) is 19.2. The number of hydrogen-bond donors (Lipinski definition) is 0. The summed E-state index contributed by atoms with van der Waals surface area (Å²) in [6.07, 6.45) is -0.157. The summed E-state index contributed by atoms with van der Waals surface area (Å²) in [5, 5.41) is 4.99. The minimum atomic E-state index is -3.53. The van der Waals surface area contributed by atoms with Crippen LogP contribution in [0.5, 0.6) is 0 Å². The van der Waals surface area contributed by atoms with Crippen LogP contribution < -0.4 is 21.2 Å². The van der Waals surface area contributed by atoms with Crippen LogP contribution in [-0.4, -0.2) is 0 Å². The van der Waals surface area contributed by atoms with E-state index in [1.807, 2.05) is 0 Å². The second-order valence-corrected chi connectivity index (χ2v) is 13.3. The second-order valence-electron chi connectivity index (χ2n) is 8.94. The molecule has 0 amide bonds. The molecule has 5 aromatic rings. The quantitative estimate of drug-likeness (QED) is 0.292. The molecule has 0 aliphatic carbocycles. The Morgan fingerprint density at radius 2 is 0.882 bits per heavy atom. The Labute approximate surface area is 201 Å². The van der Waals surface area contributed by atoms with Gasteiger partial charge in [0.2, 0.25) is 0 Å². The fourth-order valence-corrected chi connectivity index (χ4v) is 11.8. The van der Waals surface area contributed by atoms with Gasteiger partial charge in [-0.05, 0) is 0 Å². The summed E-state index contributed by atoms with van der Waals surface area (Å²) in [6, 6.07) is 50.2. The molecule has 1 atom stereocenters. The predicted molar refractivity (Wildman–Crippen MR) is 145 cm³/mol. The molecule has 0 bridgehead atoms. The van der Waals surface area contributed by atoms with Gasteiger partial charge < -0.3 is 0 Å². The third-order valence-electron chi connectivity index (χ3n) is 7.21. The van der Waals surface area contributed by atoms with Crippen molar-refractivity contribution in [1.29, 1.82) is 0 Å². The zero-order chi connectivity index (χ0) is 23.0. The summed E-state index contributed by atoms with van der Waals surface area (Å²) in [6.45, 7) is -1.35. The van der Waals surface area contributed by atoms with E-state index in [0.717, 1.165) is 0 Å². The SMILES string of the molecule is Cc1ccccc1[C@@H]1OP(c2ccccc2)(c2ccccc2)(c2ccccc2)c2ccccc21. The average molecular weight is 459 g/mol. The molecule has 166 valence electrons. The average Bonchev–Trinajstić information content (AvgIpc) is 3.24. The van der Waals surface area contributed by atoms with Crippen LogP contribution in [0.25, 0.3) is 0 Å². The molecule has 0 unspecified atom stereocenters. The van der Waals surface area contributed by atoms with Gasteiger partial charge in [-0.3, -0.25) is 0 Å². The molecule has 1 heterocycles. The van der Waals surface area contributed by atoms with Crippen LogP contribution >= 0.6 is 6.83 Å². The van der Waals surface area contributed by atoms with Crippen molar-refractivity contribution < 1.29 is 4.52 Å². The summed E-state index contributed by atoms with van der Waals surface area (Å²) in [7, 11) is 0. The monoisotopic (exact) mass is 458 g/mol. The summed E-state index contributed by atoms with van der Waals surface area (Å²) in [5.41, 5.74) is 3.73. The normalized spacial score (nSPS) is 19.0. The molecular formula is C32H27OP. The molecule has 1 nitrogen and oxygen atoms in total. The maximum atomic E-state index is 7.76. The first-order valence-electron chi connectivity index (χ1n) is 11.8. The maximum absolute atomic E-state index is 7.76. The van der Waals surface area contributed by atoms with E-state index in [-0.39, 0.29) is 6.10 Å². The van der Waals surface area contributed by atoms with E-state index in [1.54, 1.807) is 0 Å². The van der Waals surface area contributed by atoms with Gasteiger partial charge in [-0.15, -0.1) is 0 Å². The third-order valence-corrected chi connectivity index (χ3v) is 13.0. The molecule has 0 saturated carbocycles. The fraction of sp³-hybridized carbons (Fsp3) is 0.0625. The zero-order valence-corrected chi connectivity index (χ0v) is 20.1. The molecular weight excluding hydrogens is 431 g/mol. The molecule has 5 aromatic carbocycles. The van der Waals surface area contributed by atoms with Crippen LogP contribution in [0.15, 0.2) is 140 Å². The Balaban J connectivity index is 1.83. The van der Waals surface area contributed by atoms with E-state index in [9.17, 15) is 0 Å². The van der Waals surface area contributed by atoms with E-state index in [0.29, 0.717) is 0 Å². The van der Waals surface area contributed by atoms with Crippen LogP contribution in [0, 0.1) is 6.92 Å². The van der Waals surface area contributed by atoms with Gasteiger partial charge in [-0.2, -0.15) is 0 Å². The van der Waals surface area contributed by atoms with E-state index < -0.39 is 6.83 Å². The third kappa shape index (κ3) is 2.75. The molecule has 0 N–H and O–H groups in total. The van der Waals surface area contributed by atoms with Gasteiger partial charge in [0, 0.05) is 0 Å². The van der Waals surface area contributed by atoms with Crippen molar-refractivity contribution in [2.24, 2.45) is 0 Å². The standard InChI is InChI=1S/C32H27OP/c1-25-15-11-12-22-29(25)32-30-23-13-14-24-31(30)34(33-32,26-16-5-2-6-17-26,27-18-7-3-8-19-27)28-20-9-4-10-21-28/h2-24,32H,1H3/t32-/m0/s1. The molecule has 0 aromatic heterocycles. The van der Waals surface area contributed by atoms with Crippen LogP contribution in [-0.2, 0) is 4.52 Å². The number of fused-ring (bicyclic) bond motifs is 1. The minimum absolute atomic E-state index is 0.157. The molecule has 0 spiro atoms. The number of aryl methyl sites for hydroxylation is 1. The Hall–Kier alpha value is -3.51. The number of rotatable bonds is 4. The van der Waals surface area contributed by atoms with E-state index >= 15 is 0 Å². The Kier molecular flexibility index (Phi) is 4.99. The first kappa shape index (κ1) is 21.1. The molecule has 34 heavy (non-hydrogen) atoms. The van der Waals surface area contributed by atoms with Crippen molar-refractivity contribution in [3.63, 3.8) is 0 Å². The fourth-order valence-electron chi connectivity index (χ4n) is 5.71. The van der Waals surface area contributed by atoms with Gasteiger partial charge in [0.05, 0.1) is 0 Å². The molecule has 1 aliphatic heterocycles. The molecule has 0 saturated heterocycles.